The smallest absolute Gasteiger partial charge is 0.300 e. The first-order chi connectivity index (χ1) is 7.20. The Labute approximate surface area is 87.2 Å². The predicted molar refractivity (Wildman–Crippen MR) is 55.2 cm³/mol. The van der Waals surface area contributed by atoms with Crippen LogP contribution in [0.1, 0.15) is 6.92 Å². The lowest BCUT2D eigenvalue weighted by atomic mass is 10.2. The number of nitrogens with zero attached hydrogens (tertiary/aromatic N) is 1. The van der Waals surface area contributed by atoms with Crippen LogP contribution < -0.4 is 0 Å². The predicted octanol–water partition coefficient (Wildman–Crippen LogP) is 2.43. The zero-order chi connectivity index (χ0) is 11.1. The normalized spacial score (nSPS) is 8.87. The van der Waals surface area contributed by atoms with Gasteiger partial charge in [-0.15, -0.1) is 0 Å². The van der Waals surface area contributed by atoms with Gasteiger partial charge in [0.25, 0.3) is 5.97 Å². The molecule has 0 fully saturated rings. The fourth-order valence-corrected chi connectivity index (χ4v) is 0.947. The van der Waals surface area contributed by atoms with Crippen LogP contribution in [0.15, 0.2) is 47.2 Å². The lowest BCUT2D eigenvalue weighted by Crippen LogP contribution is -1.78. The second-order valence-corrected chi connectivity index (χ2v) is 2.72. The number of carbonyl (C=O) groups is 1. The Morgan fingerprint density at radius 2 is 1.93 bits per heavy atom. The monoisotopic (exact) mass is 205 g/mol. The summed E-state index contributed by atoms with van der Waals surface area (Å²) in [5.41, 5.74) is 1.01. The maximum absolute atomic E-state index is 9.00. The fourth-order valence-electron chi connectivity index (χ4n) is 0.947. The minimum atomic E-state index is -0.833. The quantitative estimate of drug-likeness (QED) is 0.776. The van der Waals surface area contributed by atoms with E-state index in [4.69, 9.17) is 14.3 Å². The van der Waals surface area contributed by atoms with Gasteiger partial charge in [-0.1, -0.05) is 18.2 Å². The highest BCUT2D eigenvalue weighted by Gasteiger charge is 1.97. The van der Waals surface area contributed by atoms with Crippen molar-refractivity contribution < 1.29 is 14.3 Å². The van der Waals surface area contributed by atoms with Crippen molar-refractivity contribution in [1.82, 2.24) is 4.98 Å². The third-order valence-corrected chi connectivity index (χ3v) is 1.45. The van der Waals surface area contributed by atoms with Crippen LogP contribution >= 0.6 is 0 Å². The molecular formula is C11H11NO3. The number of rotatable bonds is 1. The molecule has 0 spiro atoms. The van der Waals surface area contributed by atoms with E-state index >= 15 is 0 Å². The zero-order valence-electron chi connectivity index (χ0n) is 8.25. The maximum Gasteiger partial charge on any atom is 0.300 e. The Morgan fingerprint density at radius 3 is 2.40 bits per heavy atom. The average Bonchev–Trinajstić information content (AvgIpc) is 2.71. The van der Waals surface area contributed by atoms with E-state index in [0.717, 1.165) is 12.5 Å². The molecule has 0 saturated carbocycles. The third-order valence-electron chi connectivity index (χ3n) is 1.45. The molecule has 1 heterocycles. The molecule has 0 amide bonds. The number of aromatic nitrogens is 1. The first kappa shape index (κ1) is 11.0. The van der Waals surface area contributed by atoms with E-state index in [2.05, 4.69) is 4.98 Å². The van der Waals surface area contributed by atoms with Gasteiger partial charge in [-0.3, -0.25) is 4.79 Å². The molecule has 0 bridgehead atoms. The van der Waals surface area contributed by atoms with E-state index in [1.54, 1.807) is 12.5 Å². The summed E-state index contributed by atoms with van der Waals surface area (Å²) in [5, 5.41) is 7.42. The Kier molecular flexibility index (Phi) is 4.09. The molecule has 78 valence electrons. The fraction of sp³-hybridized carbons (Fsp3) is 0.0909. The Balaban J connectivity index is 0.000000245. The highest BCUT2D eigenvalue weighted by molar-refractivity contribution is 5.62. The summed E-state index contributed by atoms with van der Waals surface area (Å²) in [6.07, 6.45) is 3.21. The van der Waals surface area contributed by atoms with Crippen LogP contribution in [-0.2, 0) is 4.79 Å². The zero-order valence-corrected chi connectivity index (χ0v) is 8.25. The molecule has 1 aromatic heterocycles. The van der Waals surface area contributed by atoms with Crippen molar-refractivity contribution in [3.8, 4) is 11.5 Å². The minimum absolute atomic E-state index is 0.672. The first-order valence-corrected chi connectivity index (χ1v) is 4.34. The average molecular weight is 205 g/mol. The van der Waals surface area contributed by atoms with Crippen LogP contribution in [0.25, 0.3) is 11.5 Å². The van der Waals surface area contributed by atoms with Crippen molar-refractivity contribution in [2.75, 3.05) is 0 Å². The molecule has 0 aliphatic heterocycles. The molecule has 2 rings (SSSR count). The third kappa shape index (κ3) is 4.08. The van der Waals surface area contributed by atoms with Crippen LogP contribution in [0.5, 0.6) is 0 Å². The van der Waals surface area contributed by atoms with Gasteiger partial charge in [0, 0.05) is 12.5 Å². The van der Waals surface area contributed by atoms with Crippen LogP contribution in [0.4, 0.5) is 0 Å². The number of carboxylic acids is 1. The van der Waals surface area contributed by atoms with E-state index < -0.39 is 5.97 Å². The van der Waals surface area contributed by atoms with E-state index in [0.29, 0.717) is 5.89 Å². The van der Waals surface area contributed by atoms with Crippen molar-refractivity contribution in [3.05, 3.63) is 42.8 Å². The summed E-state index contributed by atoms with van der Waals surface area (Å²) in [4.78, 5) is 13.0. The van der Waals surface area contributed by atoms with Gasteiger partial charge >= 0.3 is 0 Å². The van der Waals surface area contributed by atoms with Gasteiger partial charge in [0.1, 0.15) is 6.26 Å². The second-order valence-electron chi connectivity index (χ2n) is 2.72. The first-order valence-electron chi connectivity index (χ1n) is 4.34. The number of oxazole rings is 1. The molecule has 0 unspecified atom stereocenters. The highest BCUT2D eigenvalue weighted by atomic mass is 16.4. The number of aliphatic carboxylic acids is 1. The van der Waals surface area contributed by atoms with E-state index in [-0.39, 0.29) is 0 Å². The number of carboxylic acid groups (broad SMARTS) is 1. The van der Waals surface area contributed by atoms with Crippen LogP contribution in [0, 0.1) is 0 Å². The Hall–Kier alpha value is -2.10. The van der Waals surface area contributed by atoms with Crippen molar-refractivity contribution in [1.29, 1.82) is 0 Å². The Bertz CT molecular complexity index is 391. The van der Waals surface area contributed by atoms with Gasteiger partial charge in [-0.05, 0) is 12.1 Å². The highest BCUT2D eigenvalue weighted by Crippen LogP contribution is 2.14. The van der Waals surface area contributed by atoms with Crippen LogP contribution in [0.3, 0.4) is 0 Å². The van der Waals surface area contributed by atoms with E-state index in [1.165, 1.54) is 0 Å². The number of hydrogen-bond donors (Lipinski definition) is 1. The van der Waals surface area contributed by atoms with Gasteiger partial charge in [0.2, 0.25) is 5.89 Å². The molecule has 0 saturated heterocycles. The topological polar surface area (TPSA) is 63.3 Å². The van der Waals surface area contributed by atoms with E-state index in [1.807, 2.05) is 30.3 Å². The summed E-state index contributed by atoms with van der Waals surface area (Å²) in [6.45, 7) is 1.08. The van der Waals surface area contributed by atoms with Crippen molar-refractivity contribution in [2.24, 2.45) is 0 Å². The molecule has 1 aromatic carbocycles. The molecule has 0 atom stereocenters. The van der Waals surface area contributed by atoms with E-state index in [9.17, 15) is 0 Å². The molecule has 0 aliphatic rings. The maximum atomic E-state index is 9.00. The minimum Gasteiger partial charge on any atom is -0.481 e. The largest absolute Gasteiger partial charge is 0.481 e. The molecular weight excluding hydrogens is 194 g/mol. The molecule has 4 heteroatoms. The van der Waals surface area contributed by atoms with Gasteiger partial charge < -0.3 is 9.52 Å². The second kappa shape index (κ2) is 5.59. The molecule has 0 radical (unpaired) electrons. The molecule has 15 heavy (non-hydrogen) atoms. The van der Waals surface area contributed by atoms with Crippen molar-refractivity contribution in [2.45, 2.75) is 6.92 Å². The van der Waals surface area contributed by atoms with Gasteiger partial charge in [0.05, 0.1) is 6.20 Å². The summed E-state index contributed by atoms with van der Waals surface area (Å²) in [7, 11) is 0. The lowest BCUT2D eigenvalue weighted by Gasteiger charge is -1.91. The van der Waals surface area contributed by atoms with Crippen molar-refractivity contribution >= 4 is 5.97 Å². The molecule has 2 aromatic rings. The van der Waals surface area contributed by atoms with Gasteiger partial charge in [-0.2, -0.15) is 0 Å². The van der Waals surface area contributed by atoms with Gasteiger partial charge in [-0.25, -0.2) is 4.98 Å². The summed E-state index contributed by atoms with van der Waals surface area (Å²) >= 11 is 0. The van der Waals surface area contributed by atoms with Crippen LogP contribution in [0.2, 0.25) is 0 Å². The standard InChI is InChI=1S/C9H7NO.C2H4O2/c1-2-4-8(5-3-1)9-10-6-7-11-9;1-2(3)4/h1-7H;1H3,(H,3,4). The SMILES string of the molecule is CC(=O)O.c1ccc(-c2ncco2)cc1. The number of benzene rings is 1. The molecule has 0 aliphatic carbocycles. The van der Waals surface area contributed by atoms with Crippen molar-refractivity contribution in [3.63, 3.8) is 0 Å². The van der Waals surface area contributed by atoms with Gasteiger partial charge in [0.15, 0.2) is 0 Å². The summed E-state index contributed by atoms with van der Waals surface area (Å²) in [6, 6.07) is 9.81. The lowest BCUT2D eigenvalue weighted by molar-refractivity contribution is -0.134. The summed E-state index contributed by atoms with van der Waals surface area (Å²) < 4.78 is 5.11. The number of hydrogen-bond acceptors (Lipinski definition) is 3. The Morgan fingerprint density at radius 1 is 1.33 bits per heavy atom. The van der Waals surface area contributed by atoms with Crippen LogP contribution in [-0.4, -0.2) is 16.1 Å². The molecule has 1 N–H and O–H groups in total. The molecule has 4 nitrogen and oxygen atoms in total. The summed E-state index contributed by atoms with van der Waals surface area (Å²) in [5.74, 6) is -0.161.